The van der Waals surface area contributed by atoms with E-state index in [0.717, 1.165) is 22.5 Å². The molecule has 3 aromatic rings. The molecule has 1 aliphatic rings. The van der Waals surface area contributed by atoms with Crippen LogP contribution in [0.25, 0.3) is 22.8 Å². The standard InChI is InChI=1S/C19H18ClN5O2S2/c1-2-29(26,27)25-10-8-24(9-11-25)18-13-17(14-3-5-15(20)6-4-14)21-19(22-18)16-7-12-28-23-16/h2-7,12-13H,1,8-11H2. The topological polar surface area (TPSA) is 79.3 Å². The van der Waals surface area contributed by atoms with Crippen molar-refractivity contribution in [1.29, 1.82) is 0 Å². The summed E-state index contributed by atoms with van der Waals surface area (Å²) in [6.45, 7) is 5.21. The van der Waals surface area contributed by atoms with Gasteiger partial charge in [0.15, 0.2) is 5.82 Å². The summed E-state index contributed by atoms with van der Waals surface area (Å²) in [7, 11) is -3.41. The van der Waals surface area contributed by atoms with E-state index in [1.165, 1.54) is 15.8 Å². The van der Waals surface area contributed by atoms with Gasteiger partial charge in [-0.25, -0.2) is 18.4 Å². The molecule has 29 heavy (non-hydrogen) atoms. The van der Waals surface area contributed by atoms with Crippen LogP contribution in [0.5, 0.6) is 0 Å². The van der Waals surface area contributed by atoms with E-state index in [2.05, 4.69) is 20.8 Å². The lowest BCUT2D eigenvalue weighted by Gasteiger charge is -2.34. The van der Waals surface area contributed by atoms with E-state index in [0.29, 0.717) is 42.7 Å². The fraction of sp³-hybridized carbons (Fsp3) is 0.211. The van der Waals surface area contributed by atoms with Crippen LogP contribution in [0.15, 0.2) is 53.8 Å². The van der Waals surface area contributed by atoms with Crippen molar-refractivity contribution in [2.75, 3.05) is 31.1 Å². The first-order valence-corrected chi connectivity index (χ1v) is 11.6. The molecule has 10 heteroatoms. The minimum absolute atomic E-state index is 0.376. The zero-order valence-corrected chi connectivity index (χ0v) is 17.8. The van der Waals surface area contributed by atoms with Gasteiger partial charge in [0, 0.05) is 53.6 Å². The maximum absolute atomic E-state index is 12.0. The van der Waals surface area contributed by atoms with E-state index < -0.39 is 10.0 Å². The highest BCUT2D eigenvalue weighted by Gasteiger charge is 2.26. The van der Waals surface area contributed by atoms with E-state index in [9.17, 15) is 8.42 Å². The number of hydrogen-bond donors (Lipinski definition) is 0. The third kappa shape index (κ3) is 4.32. The first-order chi connectivity index (χ1) is 14.0. The first kappa shape index (κ1) is 20.0. The van der Waals surface area contributed by atoms with Gasteiger partial charge >= 0.3 is 0 Å². The van der Waals surface area contributed by atoms with Crippen LogP contribution in [0.4, 0.5) is 5.82 Å². The average molecular weight is 448 g/mol. The molecule has 3 heterocycles. The number of benzene rings is 1. The third-order valence-electron chi connectivity index (χ3n) is 4.65. The molecular weight excluding hydrogens is 430 g/mol. The summed E-state index contributed by atoms with van der Waals surface area (Å²) in [6, 6.07) is 11.3. The fourth-order valence-electron chi connectivity index (χ4n) is 3.08. The monoisotopic (exact) mass is 447 g/mol. The number of aromatic nitrogens is 3. The van der Waals surface area contributed by atoms with Crippen molar-refractivity contribution in [3.05, 3.63) is 58.8 Å². The smallest absolute Gasteiger partial charge is 0.235 e. The first-order valence-electron chi connectivity index (χ1n) is 8.89. The minimum Gasteiger partial charge on any atom is -0.354 e. The second-order valence-electron chi connectivity index (χ2n) is 6.42. The van der Waals surface area contributed by atoms with Gasteiger partial charge in [0.05, 0.1) is 5.69 Å². The van der Waals surface area contributed by atoms with Gasteiger partial charge in [-0.15, -0.1) is 0 Å². The summed E-state index contributed by atoms with van der Waals surface area (Å²) in [5.74, 6) is 1.28. The van der Waals surface area contributed by atoms with Gasteiger partial charge in [-0.1, -0.05) is 30.3 Å². The molecule has 0 unspecified atom stereocenters. The van der Waals surface area contributed by atoms with Crippen LogP contribution in [0.2, 0.25) is 5.02 Å². The molecule has 1 fully saturated rings. The van der Waals surface area contributed by atoms with E-state index >= 15 is 0 Å². The van der Waals surface area contributed by atoms with Crippen molar-refractivity contribution in [3.8, 4) is 22.8 Å². The zero-order chi connectivity index (χ0) is 20.4. The van der Waals surface area contributed by atoms with Gasteiger partial charge in [-0.05, 0) is 29.7 Å². The van der Waals surface area contributed by atoms with Crippen LogP contribution in [0.3, 0.4) is 0 Å². The summed E-state index contributed by atoms with van der Waals surface area (Å²) in [6.07, 6.45) is 0. The molecule has 0 radical (unpaired) electrons. The van der Waals surface area contributed by atoms with Gasteiger partial charge in [0.25, 0.3) is 0 Å². The van der Waals surface area contributed by atoms with Crippen LogP contribution in [-0.2, 0) is 10.0 Å². The van der Waals surface area contributed by atoms with Crippen LogP contribution < -0.4 is 4.90 Å². The second kappa shape index (κ2) is 8.19. The van der Waals surface area contributed by atoms with Gasteiger partial charge in [-0.3, -0.25) is 0 Å². The molecule has 0 spiro atoms. The number of nitrogens with zero attached hydrogens (tertiary/aromatic N) is 5. The van der Waals surface area contributed by atoms with Crippen LogP contribution >= 0.6 is 23.1 Å². The van der Waals surface area contributed by atoms with Crippen LogP contribution in [0.1, 0.15) is 0 Å². The Bertz CT molecular complexity index is 1110. The second-order valence-corrected chi connectivity index (χ2v) is 9.41. The van der Waals surface area contributed by atoms with Crippen molar-refractivity contribution in [2.45, 2.75) is 0 Å². The lowest BCUT2D eigenvalue weighted by Crippen LogP contribution is -2.48. The summed E-state index contributed by atoms with van der Waals surface area (Å²) in [4.78, 5) is 11.4. The van der Waals surface area contributed by atoms with Gasteiger partial charge < -0.3 is 4.90 Å². The van der Waals surface area contributed by atoms with E-state index in [4.69, 9.17) is 16.6 Å². The Morgan fingerprint density at radius 3 is 2.38 bits per heavy atom. The molecule has 1 saturated heterocycles. The van der Waals surface area contributed by atoms with Crippen molar-refractivity contribution < 1.29 is 8.42 Å². The minimum atomic E-state index is -3.41. The SMILES string of the molecule is C=CS(=O)(=O)N1CCN(c2cc(-c3ccc(Cl)cc3)nc(-c3ccsn3)n2)CC1. The number of piperazine rings is 1. The molecule has 4 rings (SSSR count). The van der Waals surface area contributed by atoms with E-state index in [1.807, 2.05) is 41.8 Å². The quantitative estimate of drug-likeness (QED) is 0.595. The molecular formula is C19H18ClN5O2S2. The molecule has 0 N–H and O–H groups in total. The van der Waals surface area contributed by atoms with Crippen LogP contribution in [0, 0.1) is 0 Å². The number of hydrogen-bond acceptors (Lipinski definition) is 7. The Morgan fingerprint density at radius 1 is 1.03 bits per heavy atom. The van der Waals surface area contributed by atoms with Crippen molar-refractivity contribution in [3.63, 3.8) is 0 Å². The van der Waals surface area contributed by atoms with E-state index in [-0.39, 0.29) is 0 Å². The van der Waals surface area contributed by atoms with E-state index in [1.54, 1.807) is 0 Å². The largest absolute Gasteiger partial charge is 0.354 e. The highest BCUT2D eigenvalue weighted by atomic mass is 35.5. The molecule has 0 atom stereocenters. The molecule has 0 aliphatic carbocycles. The predicted molar refractivity (Wildman–Crippen MR) is 116 cm³/mol. The van der Waals surface area contributed by atoms with Gasteiger partial charge in [0.1, 0.15) is 11.5 Å². The molecule has 1 aliphatic heterocycles. The number of halogens is 1. The predicted octanol–water partition coefficient (Wildman–Crippen LogP) is 3.52. The normalized spacial score (nSPS) is 15.4. The zero-order valence-electron chi connectivity index (χ0n) is 15.4. The molecule has 0 bridgehead atoms. The molecule has 150 valence electrons. The van der Waals surface area contributed by atoms with Crippen molar-refractivity contribution in [2.24, 2.45) is 0 Å². The number of sulfonamides is 1. The average Bonchev–Trinajstić information content (AvgIpc) is 3.29. The van der Waals surface area contributed by atoms with Crippen LogP contribution in [-0.4, -0.2) is 53.2 Å². The summed E-state index contributed by atoms with van der Waals surface area (Å²) in [5.41, 5.74) is 2.39. The molecule has 0 saturated carbocycles. The lowest BCUT2D eigenvalue weighted by atomic mass is 10.1. The molecule has 1 aromatic carbocycles. The number of anilines is 1. The van der Waals surface area contributed by atoms with Gasteiger partial charge in [-0.2, -0.15) is 8.68 Å². The Labute approximate surface area is 178 Å². The Hall–Kier alpha value is -2.33. The summed E-state index contributed by atoms with van der Waals surface area (Å²) in [5, 5.41) is 3.53. The highest BCUT2D eigenvalue weighted by molar-refractivity contribution is 7.92. The maximum atomic E-state index is 12.0. The highest BCUT2D eigenvalue weighted by Crippen LogP contribution is 2.27. The lowest BCUT2D eigenvalue weighted by molar-refractivity contribution is 0.389. The number of rotatable bonds is 5. The summed E-state index contributed by atoms with van der Waals surface area (Å²) >= 11 is 7.36. The molecule has 2 aromatic heterocycles. The molecule has 0 amide bonds. The van der Waals surface area contributed by atoms with Crippen molar-refractivity contribution in [1.82, 2.24) is 18.6 Å². The Kier molecular flexibility index (Phi) is 5.64. The Morgan fingerprint density at radius 2 is 1.76 bits per heavy atom. The maximum Gasteiger partial charge on any atom is 0.235 e. The summed E-state index contributed by atoms with van der Waals surface area (Å²) < 4.78 is 29.8. The fourth-order valence-corrected chi connectivity index (χ4v) is 4.60. The molecule has 7 nitrogen and oxygen atoms in total. The van der Waals surface area contributed by atoms with Crippen molar-refractivity contribution >= 4 is 39.0 Å². The third-order valence-corrected chi connectivity index (χ3v) is 6.97. The van der Waals surface area contributed by atoms with Gasteiger partial charge in [0.2, 0.25) is 10.0 Å². The Balaban J connectivity index is 1.68.